The molecule has 0 saturated heterocycles. The highest BCUT2D eigenvalue weighted by atomic mass is 35.5. The van der Waals surface area contributed by atoms with Gasteiger partial charge in [0.15, 0.2) is 6.10 Å². The van der Waals surface area contributed by atoms with Crippen LogP contribution in [0.3, 0.4) is 0 Å². The summed E-state index contributed by atoms with van der Waals surface area (Å²) in [5.41, 5.74) is 1.70. The third-order valence-corrected chi connectivity index (χ3v) is 3.10. The molecule has 1 amide bonds. The van der Waals surface area contributed by atoms with Gasteiger partial charge in [-0.25, -0.2) is 4.79 Å². The van der Waals surface area contributed by atoms with Crippen LogP contribution >= 0.6 is 11.6 Å². The van der Waals surface area contributed by atoms with Crippen molar-refractivity contribution in [1.82, 2.24) is 0 Å². The molecule has 0 aliphatic heterocycles. The van der Waals surface area contributed by atoms with Gasteiger partial charge in [-0.2, -0.15) is 0 Å². The molecule has 0 fully saturated rings. The maximum Gasteiger partial charge on any atom is 0.342 e. The number of esters is 1. The highest BCUT2D eigenvalue weighted by Gasteiger charge is 2.20. The predicted molar refractivity (Wildman–Crippen MR) is 78.4 cm³/mol. The molecule has 1 atom stereocenters. The summed E-state index contributed by atoms with van der Waals surface area (Å²) in [4.78, 5) is 23.7. The molecular weight excluding hydrogens is 294 g/mol. The van der Waals surface area contributed by atoms with Crippen molar-refractivity contribution in [3.63, 3.8) is 0 Å². The van der Waals surface area contributed by atoms with Crippen LogP contribution < -0.4 is 5.32 Å². The van der Waals surface area contributed by atoms with Crippen LogP contribution in [0.4, 0.5) is 5.69 Å². The lowest BCUT2D eigenvalue weighted by Gasteiger charge is -2.14. The van der Waals surface area contributed by atoms with Crippen LogP contribution in [-0.2, 0) is 9.53 Å². The van der Waals surface area contributed by atoms with Crippen LogP contribution in [0, 0.1) is 6.92 Å². The zero-order valence-corrected chi connectivity index (χ0v) is 12.3. The van der Waals surface area contributed by atoms with E-state index in [0.29, 0.717) is 10.7 Å². The first-order valence-corrected chi connectivity index (χ1v) is 6.65. The first-order chi connectivity index (χ1) is 9.97. The van der Waals surface area contributed by atoms with Gasteiger partial charge in [-0.15, -0.1) is 0 Å². The fourth-order valence-corrected chi connectivity index (χ4v) is 1.80. The Labute approximate surface area is 126 Å². The normalized spacial score (nSPS) is 11.8. The molecule has 5 nitrogen and oxygen atoms in total. The van der Waals surface area contributed by atoms with Gasteiger partial charge >= 0.3 is 5.97 Å². The highest BCUT2D eigenvalue weighted by molar-refractivity contribution is 6.31. The van der Waals surface area contributed by atoms with Crippen LogP contribution in [0.25, 0.3) is 0 Å². The monoisotopic (exact) mass is 307 g/mol. The molecule has 0 aliphatic rings. The van der Waals surface area contributed by atoms with E-state index in [1.54, 1.807) is 18.2 Å². The first kappa shape index (κ1) is 15.1. The lowest BCUT2D eigenvalue weighted by molar-refractivity contribution is -0.123. The minimum atomic E-state index is -0.939. The Kier molecular flexibility index (Phi) is 4.65. The second kappa shape index (κ2) is 6.45. The maximum atomic E-state index is 12.0. The summed E-state index contributed by atoms with van der Waals surface area (Å²) in [6.45, 7) is 3.33. The van der Waals surface area contributed by atoms with E-state index in [4.69, 9.17) is 20.8 Å². The van der Waals surface area contributed by atoms with Crippen LogP contribution in [0.15, 0.2) is 41.2 Å². The standard InChI is InChI=1S/C15H14ClNO4/c1-9-3-4-12(16)7-13(9)17-14(18)10(2)21-15(19)11-5-6-20-8-11/h3-8,10H,1-2H3,(H,17,18). The molecule has 0 bridgehead atoms. The second-order valence-corrected chi connectivity index (χ2v) is 4.94. The number of hydrogen-bond donors (Lipinski definition) is 1. The summed E-state index contributed by atoms with van der Waals surface area (Å²) in [5, 5.41) is 3.19. The van der Waals surface area contributed by atoms with E-state index < -0.39 is 18.0 Å². The largest absolute Gasteiger partial charge is 0.472 e. The number of carbonyl (C=O) groups excluding carboxylic acids is 2. The van der Waals surface area contributed by atoms with Crippen LogP contribution in [0.5, 0.6) is 0 Å². The van der Waals surface area contributed by atoms with Crippen LogP contribution in [0.2, 0.25) is 5.02 Å². The number of ether oxygens (including phenoxy) is 1. The Morgan fingerprint density at radius 2 is 2.10 bits per heavy atom. The first-order valence-electron chi connectivity index (χ1n) is 6.27. The minimum absolute atomic E-state index is 0.258. The molecular formula is C15H14ClNO4. The van der Waals surface area contributed by atoms with Crippen molar-refractivity contribution in [2.24, 2.45) is 0 Å². The number of anilines is 1. The molecule has 0 radical (unpaired) electrons. The van der Waals surface area contributed by atoms with E-state index in [-0.39, 0.29) is 5.56 Å². The Bertz CT molecular complexity index is 652. The Morgan fingerprint density at radius 1 is 1.33 bits per heavy atom. The predicted octanol–water partition coefficient (Wildman–Crippen LogP) is 3.43. The zero-order chi connectivity index (χ0) is 15.4. The number of amides is 1. The molecule has 6 heteroatoms. The minimum Gasteiger partial charge on any atom is -0.472 e. The van der Waals surface area contributed by atoms with Crippen molar-refractivity contribution in [1.29, 1.82) is 0 Å². The van der Waals surface area contributed by atoms with E-state index in [9.17, 15) is 9.59 Å². The Balaban J connectivity index is 1.99. The summed E-state index contributed by atoms with van der Waals surface area (Å²) in [7, 11) is 0. The van der Waals surface area contributed by atoms with Gasteiger partial charge in [-0.05, 0) is 37.6 Å². The van der Waals surface area contributed by atoms with Crippen molar-refractivity contribution in [2.45, 2.75) is 20.0 Å². The molecule has 0 saturated carbocycles. The summed E-state index contributed by atoms with van der Waals surface area (Å²) in [6.07, 6.45) is 1.68. The topological polar surface area (TPSA) is 68.5 Å². The molecule has 1 aromatic heterocycles. The molecule has 21 heavy (non-hydrogen) atoms. The number of aryl methyl sites for hydroxylation is 1. The molecule has 2 aromatic rings. The van der Waals surface area contributed by atoms with E-state index in [0.717, 1.165) is 5.56 Å². The third-order valence-electron chi connectivity index (χ3n) is 2.87. The molecule has 1 N–H and O–H groups in total. The van der Waals surface area contributed by atoms with Gasteiger partial charge in [0.1, 0.15) is 6.26 Å². The number of hydrogen-bond acceptors (Lipinski definition) is 4. The van der Waals surface area contributed by atoms with Gasteiger partial charge in [0.25, 0.3) is 5.91 Å². The fraction of sp³-hybridized carbons (Fsp3) is 0.200. The van der Waals surface area contributed by atoms with Gasteiger partial charge in [-0.3, -0.25) is 4.79 Å². The van der Waals surface area contributed by atoms with Gasteiger partial charge in [-0.1, -0.05) is 17.7 Å². The van der Waals surface area contributed by atoms with Crippen molar-refractivity contribution >= 4 is 29.2 Å². The Hall–Kier alpha value is -2.27. The number of benzene rings is 1. The zero-order valence-electron chi connectivity index (χ0n) is 11.6. The summed E-state index contributed by atoms with van der Waals surface area (Å²) >= 11 is 5.88. The van der Waals surface area contributed by atoms with Crippen molar-refractivity contribution in [3.05, 3.63) is 52.9 Å². The van der Waals surface area contributed by atoms with Crippen molar-refractivity contribution < 1.29 is 18.7 Å². The molecule has 1 unspecified atom stereocenters. The quantitative estimate of drug-likeness (QED) is 0.879. The smallest absolute Gasteiger partial charge is 0.342 e. The number of rotatable bonds is 4. The average molecular weight is 308 g/mol. The number of halogens is 1. The van der Waals surface area contributed by atoms with Crippen molar-refractivity contribution in [2.75, 3.05) is 5.32 Å². The number of nitrogens with one attached hydrogen (secondary N) is 1. The Morgan fingerprint density at radius 3 is 2.76 bits per heavy atom. The molecule has 1 heterocycles. The van der Waals surface area contributed by atoms with Gasteiger partial charge in [0.05, 0.1) is 11.8 Å². The van der Waals surface area contributed by atoms with Crippen LogP contribution in [-0.4, -0.2) is 18.0 Å². The van der Waals surface area contributed by atoms with Gasteiger partial charge in [0, 0.05) is 10.7 Å². The molecule has 0 aliphatic carbocycles. The van der Waals surface area contributed by atoms with E-state index in [1.807, 2.05) is 6.92 Å². The van der Waals surface area contributed by atoms with Crippen molar-refractivity contribution in [3.8, 4) is 0 Å². The number of furan rings is 1. The van der Waals surface area contributed by atoms with Gasteiger partial charge in [0.2, 0.25) is 0 Å². The fourth-order valence-electron chi connectivity index (χ4n) is 1.63. The molecule has 110 valence electrons. The lowest BCUT2D eigenvalue weighted by atomic mass is 10.2. The second-order valence-electron chi connectivity index (χ2n) is 4.51. The summed E-state index contributed by atoms with van der Waals surface area (Å²) in [6, 6.07) is 6.63. The highest BCUT2D eigenvalue weighted by Crippen LogP contribution is 2.20. The SMILES string of the molecule is Cc1ccc(Cl)cc1NC(=O)C(C)OC(=O)c1ccoc1. The number of carbonyl (C=O) groups is 2. The van der Waals surface area contributed by atoms with E-state index in [2.05, 4.69) is 5.32 Å². The van der Waals surface area contributed by atoms with Crippen LogP contribution in [0.1, 0.15) is 22.8 Å². The van der Waals surface area contributed by atoms with E-state index >= 15 is 0 Å². The maximum absolute atomic E-state index is 12.0. The van der Waals surface area contributed by atoms with E-state index in [1.165, 1.54) is 25.5 Å². The third kappa shape index (κ3) is 3.86. The van der Waals surface area contributed by atoms with Gasteiger partial charge < -0.3 is 14.5 Å². The molecule has 2 rings (SSSR count). The molecule has 0 spiro atoms. The lowest BCUT2D eigenvalue weighted by Crippen LogP contribution is -2.30. The summed E-state index contributed by atoms with van der Waals surface area (Å²) in [5.74, 6) is -1.05. The average Bonchev–Trinajstić information content (AvgIpc) is 2.97. The molecule has 1 aromatic carbocycles. The summed E-state index contributed by atoms with van der Waals surface area (Å²) < 4.78 is 9.84.